The maximum atomic E-state index is 8.99. The maximum Gasteiger partial charge on any atom is 0.112 e. The fourth-order valence-electron chi connectivity index (χ4n) is 2.18. The molecular formula is C18H24N2. The van der Waals surface area contributed by atoms with Gasteiger partial charge in [0.25, 0.3) is 0 Å². The van der Waals surface area contributed by atoms with Crippen LogP contribution in [0.25, 0.3) is 0 Å². The Balaban J connectivity index is 0.000000956. The van der Waals surface area contributed by atoms with Crippen LogP contribution >= 0.6 is 0 Å². The molecule has 2 heteroatoms. The van der Waals surface area contributed by atoms with Gasteiger partial charge in [-0.25, -0.2) is 0 Å². The van der Waals surface area contributed by atoms with E-state index in [1.807, 2.05) is 33.8 Å². The molecule has 2 rings (SSSR count). The number of fused-ring (bicyclic) bond motifs is 1. The summed E-state index contributed by atoms with van der Waals surface area (Å²) in [6.07, 6.45) is 2.25. The van der Waals surface area contributed by atoms with Crippen LogP contribution < -0.4 is 4.90 Å². The molecule has 0 spiro atoms. The van der Waals surface area contributed by atoms with Crippen molar-refractivity contribution in [3.63, 3.8) is 0 Å². The van der Waals surface area contributed by atoms with Crippen LogP contribution in [0.2, 0.25) is 0 Å². The molecule has 2 nitrogen and oxygen atoms in total. The van der Waals surface area contributed by atoms with Crippen molar-refractivity contribution in [2.45, 2.75) is 40.5 Å². The Morgan fingerprint density at radius 1 is 1.25 bits per heavy atom. The quantitative estimate of drug-likeness (QED) is 0.665. The van der Waals surface area contributed by atoms with Gasteiger partial charge in [-0.05, 0) is 44.4 Å². The number of hydrogen-bond acceptors (Lipinski definition) is 2. The number of hydrogen-bond donors (Lipinski definition) is 0. The molecule has 0 amide bonds. The van der Waals surface area contributed by atoms with E-state index in [1.165, 1.54) is 17.7 Å². The van der Waals surface area contributed by atoms with Gasteiger partial charge in [0.1, 0.15) is 5.41 Å². The van der Waals surface area contributed by atoms with Crippen molar-refractivity contribution in [2.75, 3.05) is 18.5 Å². The highest BCUT2D eigenvalue weighted by atomic mass is 15.1. The maximum absolute atomic E-state index is 8.99. The van der Waals surface area contributed by atoms with Gasteiger partial charge in [0.2, 0.25) is 0 Å². The smallest absolute Gasteiger partial charge is 0.112 e. The van der Waals surface area contributed by atoms with Gasteiger partial charge in [0, 0.05) is 24.8 Å². The van der Waals surface area contributed by atoms with Gasteiger partial charge in [-0.1, -0.05) is 31.8 Å². The van der Waals surface area contributed by atoms with E-state index in [0.29, 0.717) is 0 Å². The summed E-state index contributed by atoms with van der Waals surface area (Å²) in [4.78, 5) is 2.28. The number of benzene rings is 1. The summed E-state index contributed by atoms with van der Waals surface area (Å²) in [7, 11) is 2.12. The van der Waals surface area contributed by atoms with E-state index in [0.717, 1.165) is 18.5 Å². The second-order valence-electron chi connectivity index (χ2n) is 5.32. The van der Waals surface area contributed by atoms with Gasteiger partial charge < -0.3 is 4.90 Å². The predicted octanol–water partition coefficient (Wildman–Crippen LogP) is 4.00. The highest BCUT2D eigenvalue weighted by molar-refractivity contribution is 5.62. The molecule has 20 heavy (non-hydrogen) atoms. The molecular weight excluding hydrogens is 244 g/mol. The minimum Gasteiger partial charge on any atom is -0.374 e. The van der Waals surface area contributed by atoms with Crippen molar-refractivity contribution < 1.29 is 0 Å². The van der Waals surface area contributed by atoms with Crippen LogP contribution in [-0.4, -0.2) is 13.6 Å². The molecule has 0 saturated carbocycles. The third-order valence-electron chi connectivity index (χ3n) is 3.27. The molecule has 1 aliphatic heterocycles. The molecule has 1 aliphatic rings. The van der Waals surface area contributed by atoms with Gasteiger partial charge in [-0.3, -0.25) is 0 Å². The highest BCUT2D eigenvalue weighted by Crippen LogP contribution is 2.28. The molecule has 0 unspecified atom stereocenters. The van der Waals surface area contributed by atoms with Crippen LogP contribution in [0.4, 0.5) is 5.69 Å². The summed E-state index contributed by atoms with van der Waals surface area (Å²) >= 11 is 0. The van der Waals surface area contributed by atoms with Crippen LogP contribution in [0.3, 0.4) is 0 Å². The Morgan fingerprint density at radius 3 is 2.60 bits per heavy atom. The van der Waals surface area contributed by atoms with Gasteiger partial charge in [0.05, 0.1) is 6.07 Å². The summed E-state index contributed by atoms with van der Waals surface area (Å²) in [6.45, 7) is 8.80. The van der Waals surface area contributed by atoms with E-state index < -0.39 is 5.41 Å². The SMILES string of the molecule is CC.CN1CCCc2c(C#CC(C)(C)C#N)cccc21. The van der Waals surface area contributed by atoms with Crippen molar-refractivity contribution in [3.8, 4) is 17.9 Å². The molecule has 0 N–H and O–H groups in total. The topological polar surface area (TPSA) is 27.0 Å². The van der Waals surface area contributed by atoms with E-state index in [9.17, 15) is 0 Å². The second kappa shape index (κ2) is 7.01. The van der Waals surface area contributed by atoms with Crippen molar-refractivity contribution in [2.24, 2.45) is 5.41 Å². The zero-order valence-corrected chi connectivity index (χ0v) is 13.2. The summed E-state index contributed by atoms with van der Waals surface area (Å²) in [5.41, 5.74) is 3.10. The van der Waals surface area contributed by atoms with Crippen LogP contribution in [0.5, 0.6) is 0 Å². The molecule has 1 heterocycles. The van der Waals surface area contributed by atoms with Gasteiger partial charge >= 0.3 is 0 Å². The predicted molar refractivity (Wildman–Crippen MR) is 85.7 cm³/mol. The Kier molecular flexibility index (Phi) is 5.66. The molecule has 0 fully saturated rings. The Bertz CT molecular complexity index is 553. The summed E-state index contributed by atoms with van der Waals surface area (Å²) < 4.78 is 0. The molecule has 1 aromatic carbocycles. The van der Waals surface area contributed by atoms with Crippen molar-refractivity contribution in [1.29, 1.82) is 5.26 Å². The Labute approximate surface area is 123 Å². The van der Waals surface area contributed by atoms with E-state index in [4.69, 9.17) is 5.26 Å². The first-order chi connectivity index (χ1) is 9.53. The Morgan fingerprint density at radius 2 is 1.95 bits per heavy atom. The van der Waals surface area contributed by atoms with Crippen LogP contribution in [-0.2, 0) is 6.42 Å². The van der Waals surface area contributed by atoms with Crippen molar-refractivity contribution in [1.82, 2.24) is 0 Å². The zero-order chi connectivity index (χ0) is 15.2. The van der Waals surface area contributed by atoms with E-state index in [1.54, 1.807) is 0 Å². The van der Waals surface area contributed by atoms with Gasteiger partial charge in [0.15, 0.2) is 0 Å². The second-order valence-corrected chi connectivity index (χ2v) is 5.32. The fraction of sp³-hybridized carbons (Fsp3) is 0.500. The van der Waals surface area contributed by atoms with E-state index in [-0.39, 0.29) is 0 Å². The summed E-state index contributed by atoms with van der Waals surface area (Å²) in [5, 5.41) is 8.99. The highest BCUT2D eigenvalue weighted by Gasteiger charge is 2.16. The molecule has 0 atom stereocenters. The number of nitriles is 1. The largest absolute Gasteiger partial charge is 0.374 e. The monoisotopic (exact) mass is 268 g/mol. The standard InChI is InChI=1S/C16H18N2.C2H6/c1-16(2,12-17)10-9-13-6-4-8-15-14(13)7-5-11-18(15)3;1-2/h4,6,8H,5,7,11H2,1-3H3;1-2H3. The first kappa shape index (κ1) is 16.1. The van der Waals surface area contributed by atoms with Crippen LogP contribution in [0.15, 0.2) is 18.2 Å². The lowest BCUT2D eigenvalue weighted by molar-refractivity contribution is 0.673. The summed E-state index contributed by atoms with van der Waals surface area (Å²) in [5.74, 6) is 6.25. The number of anilines is 1. The third-order valence-corrected chi connectivity index (χ3v) is 3.27. The fourth-order valence-corrected chi connectivity index (χ4v) is 2.18. The number of nitrogens with zero attached hydrogens (tertiary/aromatic N) is 2. The average molecular weight is 268 g/mol. The minimum atomic E-state index is -0.580. The lowest BCUT2D eigenvalue weighted by Crippen LogP contribution is -2.25. The normalized spacial score (nSPS) is 13.1. The Hall–Kier alpha value is -1.93. The lowest BCUT2D eigenvalue weighted by Gasteiger charge is -2.28. The van der Waals surface area contributed by atoms with Crippen molar-refractivity contribution in [3.05, 3.63) is 29.3 Å². The molecule has 106 valence electrons. The van der Waals surface area contributed by atoms with E-state index in [2.05, 4.69) is 42.0 Å². The van der Waals surface area contributed by atoms with E-state index >= 15 is 0 Å². The summed E-state index contributed by atoms with van der Waals surface area (Å²) in [6, 6.07) is 8.46. The minimum absolute atomic E-state index is 0.580. The lowest BCUT2D eigenvalue weighted by atomic mass is 9.93. The number of rotatable bonds is 0. The molecule has 0 aliphatic carbocycles. The molecule has 0 radical (unpaired) electrons. The van der Waals surface area contributed by atoms with Crippen molar-refractivity contribution >= 4 is 5.69 Å². The first-order valence-electron chi connectivity index (χ1n) is 7.31. The van der Waals surface area contributed by atoms with Gasteiger partial charge in [-0.2, -0.15) is 5.26 Å². The molecule has 1 aromatic rings. The zero-order valence-electron chi connectivity index (χ0n) is 13.2. The molecule has 0 saturated heterocycles. The average Bonchev–Trinajstić information content (AvgIpc) is 2.48. The van der Waals surface area contributed by atoms with Crippen LogP contribution in [0, 0.1) is 28.6 Å². The first-order valence-corrected chi connectivity index (χ1v) is 7.31. The molecule has 0 bridgehead atoms. The van der Waals surface area contributed by atoms with Gasteiger partial charge in [-0.15, -0.1) is 0 Å². The van der Waals surface area contributed by atoms with Crippen LogP contribution in [0.1, 0.15) is 45.2 Å². The third kappa shape index (κ3) is 3.78. The molecule has 0 aromatic heterocycles.